The molecule has 0 aliphatic heterocycles. The van der Waals surface area contributed by atoms with Gasteiger partial charge in [-0.2, -0.15) is 0 Å². The van der Waals surface area contributed by atoms with Gasteiger partial charge in [-0.3, -0.25) is 5.10 Å². The van der Waals surface area contributed by atoms with E-state index in [1.54, 1.807) is 30.6 Å². The SMILES string of the molecule is CC(C)Oc1cc(Nc2nc3c(cc2Cl)ncn3C(C)c2ccc(F)cc2)[nH]n1. The molecule has 0 aliphatic rings. The fraction of sp³-hybridized carbons (Fsp3) is 0.250. The number of ether oxygens (including phenoxy) is 1. The van der Waals surface area contributed by atoms with Crippen molar-refractivity contribution in [1.82, 2.24) is 24.7 Å². The van der Waals surface area contributed by atoms with Crippen LogP contribution in [0.4, 0.5) is 16.0 Å². The average molecular weight is 415 g/mol. The van der Waals surface area contributed by atoms with Gasteiger partial charge >= 0.3 is 0 Å². The first-order chi connectivity index (χ1) is 13.9. The highest BCUT2D eigenvalue weighted by molar-refractivity contribution is 6.33. The molecule has 2 N–H and O–H groups in total. The predicted molar refractivity (Wildman–Crippen MR) is 110 cm³/mol. The van der Waals surface area contributed by atoms with Crippen molar-refractivity contribution in [2.75, 3.05) is 5.32 Å². The number of imidazole rings is 1. The minimum Gasteiger partial charge on any atom is -0.474 e. The van der Waals surface area contributed by atoms with Crippen LogP contribution in [-0.4, -0.2) is 30.8 Å². The number of hydrogen-bond donors (Lipinski definition) is 2. The second kappa shape index (κ2) is 7.71. The zero-order valence-corrected chi connectivity index (χ0v) is 16.9. The van der Waals surface area contributed by atoms with Crippen LogP contribution < -0.4 is 10.1 Å². The van der Waals surface area contributed by atoms with Crippen LogP contribution in [0, 0.1) is 5.82 Å². The number of fused-ring (bicyclic) bond motifs is 1. The molecule has 0 spiro atoms. The van der Waals surface area contributed by atoms with Gasteiger partial charge in [0.15, 0.2) is 11.5 Å². The number of nitrogens with one attached hydrogen (secondary N) is 2. The van der Waals surface area contributed by atoms with E-state index >= 15 is 0 Å². The number of anilines is 2. The molecule has 3 heterocycles. The highest BCUT2D eigenvalue weighted by Gasteiger charge is 2.16. The first-order valence-corrected chi connectivity index (χ1v) is 9.56. The summed E-state index contributed by atoms with van der Waals surface area (Å²) in [4.78, 5) is 9.06. The molecule has 4 aromatic rings. The van der Waals surface area contributed by atoms with Crippen molar-refractivity contribution in [2.45, 2.75) is 32.9 Å². The fourth-order valence-electron chi connectivity index (χ4n) is 3.00. The molecule has 0 bridgehead atoms. The van der Waals surface area contributed by atoms with E-state index in [4.69, 9.17) is 16.3 Å². The molecule has 0 radical (unpaired) electrons. The summed E-state index contributed by atoms with van der Waals surface area (Å²) >= 11 is 6.39. The van der Waals surface area contributed by atoms with Gasteiger partial charge in [0.25, 0.3) is 0 Å². The van der Waals surface area contributed by atoms with Crippen molar-refractivity contribution in [1.29, 1.82) is 0 Å². The molecule has 29 heavy (non-hydrogen) atoms. The molecular formula is C20H20ClFN6O. The smallest absolute Gasteiger partial charge is 0.234 e. The summed E-state index contributed by atoms with van der Waals surface area (Å²) < 4.78 is 20.7. The van der Waals surface area contributed by atoms with Crippen LogP contribution in [0.3, 0.4) is 0 Å². The third kappa shape index (κ3) is 4.02. The number of nitrogens with zero attached hydrogens (tertiary/aromatic N) is 4. The van der Waals surface area contributed by atoms with Crippen LogP contribution in [0.5, 0.6) is 5.88 Å². The predicted octanol–water partition coefficient (Wildman–Crippen LogP) is 5.09. The number of aromatic nitrogens is 5. The maximum absolute atomic E-state index is 13.2. The summed E-state index contributed by atoms with van der Waals surface area (Å²) in [5.74, 6) is 1.28. The lowest BCUT2D eigenvalue weighted by atomic mass is 10.1. The molecule has 0 saturated heterocycles. The van der Waals surface area contributed by atoms with Crippen molar-refractivity contribution in [3.8, 4) is 5.88 Å². The Labute approximate surface area is 171 Å². The molecule has 4 rings (SSSR count). The van der Waals surface area contributed by atoms with E-state index in [0.29, 0.717) is 33.7 Å². The molecule has 1 aromatic carbocycles. The minimum absolute atomic E-state index is 0.0199. The van der Waals surface area contributed by atoms with Gasteiger partial charge in [0, 0.05) is 6.07 Å². The lowest BCUT2D eigenvalue weighted by Crippen LogP contribution is -2.07. The Morgan fingerprint density at radius 3 is 2.66 bits per heavy atom. The first kappa shape index (κ1) is 19.2. The monoisotopic (exact) mass is 414 g/mol. The van der Waals surface area contributed by atoms with Gasteiger partial charge in [0.1, 0.15) is 17.2 Å². The number of hydrogen-bond acceptors (Lipinski definition) is 5. The van der Waals surface area contributed by atoms with Crippen molar-refractivity contribution < 1.29 is 9.13 Å². The minimum atomic E-state index is -0.270. The Hall–Kier alpha value is -3.13. The molecule has 0 amide bonds. The van der Waals surface area contributed by atoms with Gasteiger partial charge in [0.2, 0.25) is 5.88 Å². The van der Waals surface area contributed by atoms with Gasteiger partial charge in [-0.25, -0.2) is 14.4 Å². The Balaban J connectivity index is 1.65. The fourth-order valence-corrected chi connectivity index (χ4v) is 3.20. The van der Waals surface area contributed by atoms with Gasteiger partial charge < -0.3 is 14.6 Å². The maximum Gasteiger partial charge on any atom is 0.234 e. The number of H-pyrrole nitrogens is 1. The van der Waals surface area contributed by atoms with Crippen LogP contribution in [0.2, 0.25) is 5.02 Å². The van der Waals surface area contributed by atoms with E-state index in [9.17, 15) is 4.39 Å². The topological polar surface area (TPSA) is 80.6 Å². The summed E-state index contributed by atoms with van der Waals surface area (Å²) in [5, 5.41) is 10.5. The van der Waals surface area contributed by atoms with E-state index in [2.05, 4.69) is 25.5 Å². The van der Waals surface area contributed by atoms with E-state index in [-0.39, 0.29) is 18.0 Å². The quantitative estimate of drug-likeness (QED) is 0.459. The molecule has 1 atom stereocenters. The highest BCUT2D eigenvalue weighted by atomic mass is 35.5. The second-order valence-electron chi connectivity index (χ2n) is 6.95. The van der Waals surface area contributed by atoms with E-state index in [0.717, 1.165) is 5.56 Å². The molecule has 3 aromatic heterocycles. The van der Waals surface area contributed by atoms with Crippen LogP contribution in [0.15, 0.2) is 42.7 Å². The van der Waals surface area contributed by atoms with Crippen LogP contribution in [-0.2, 0) is 0 Å². The number of benzene rings is 1. The number of aromatic amines is 1. The average Bonchev–Trinajstić information content (AvgIpc) is 3.28. The second-order valence-corrected chi connectivity index (χ2v) is 7.36. The Kier molecular flexibility index (Phi) is 5.10. The van der Waals surface area contributed by atoms with Crippen molar-refractivity contribution in [3.63, 3.8) is 0 Å². The molecule has 9 heteroatoms. The molecule has 0 aliphatic carbocycles. The van der Waals surface area contributed by atoms with Gasteiger partial charge in [-0.1, -0.05) is 23.7 Å². The Morgan fingerprint density at radius 1 is 1.17 bits per heavy atom. The van der Waals surface area contributed by atoms with Gasteiger partial charge in [0.05, 0.1) is 23.5 Å². The molecule has 0 fully saturated rings. The summed E-state index contributed by atoms with van der Waals surface area (Å²) in [7, 11) is 0. The maximum atomic E-state index is 13.2. The summed E-state index contributed by atoms with van der Waals surface area (Å²) in [6, 6.07) is 9.79. The number of halogens is 2. The summed E-state index contributed by atoms with van der Waals surface area (Å²) in [6.07, 6.45) is 1.72. The van der Waals surface area contributed by atoms with Crippen molar-refractivity contribution in [3.05, 3.63) is 59.1 Å². The zero-order chi connectivity index (χ0) is 20.5. The lowest BCUT2D eigenvalue weighted by Gasteiger charge is -2.15. The van der Waals surface area contributed by atoms with Crippen LogP contribution in [0.25, 0.3) is 11.2 Å². The molecular weight excluding hydrogens is 395 g/mol. The van der Waals surface area contributed by atoms with E-state index in [1.165, 1.54) is 12.1 Å². The van der Waals surface area contributed by atoms with Gasteiger partial charge in [-0.15, -0.1) is 5.10 Å². The lowest BCUT2D eigenvalue weighted by molar-refractivity contribution is 0.232. The molecule has 150 valence electrons. The third-order valence-corrected chi connectivity index (χ3v) is 4.72. The largest absolute Gasteiger partial charge is 0.474 e. The van der Waals surface area contributed by atoms with Crippen molar-refractivity contribution >= 4 is 34.4 Å². The molecule has 0 saturated carbocycles. The normalized spacial score (nSPS) is 12.5. The zero-order valence-electron chi connectivity index (χ0n) is 16.1. The van der Waals surface area contributed by atoms with Crippen LogP contribution >= 0.6 is 11.6 Å². The first-order valence-electron chi connectivity index (χ1n) is 9.18. The number of rotatable bonds is 6. The highest BCUT2D eigenvalue weighted by Crippen LogP contribution is 2.30. The summed E-state index contributed by atoms with van der Waals surface area (Å²) in [6.45, 7) is 5.86. The van der Waals surface area contributed by atoms with Crippen LogP contribution in [0.1, 0.15) is 32.4 Å². The third-order valence-electron chi connectivity index (χ3n) is 4.44. The number of pyridine rings is 1. The van der Waals surface area contributed by atoms with E-state index in [1.807, 2.05) is 25.3 Å². The molecule has 1 unspecified atom stereocenters. The molecule has 7 nitrogen and oxygen atoms in total. The van der Waals surface area contributed by atoms with E-state index < -0.39 is 0 Å². The standard InChI is InChI=1S/C20H20ClFN6O/c1-11(2)29-18-9-17(26-27-18)24-19-15(21)8-16-20(25-19)28(10-23-16)12(3)13-4-6-14(22)7-5-13/h4-12H,1-3H3,(H2,24,25,26,27). The summed E-state index contributed by atoms with van der Waals surface area (Å²) in [5.41, 5.74) is 2.27. The van der Waals surface area contributed by atoms with Gasteiger partial charge in [-0.05, 0) is 44.5 Å². The van der Waals surface area contributed by atoms with Crippen molar-refractivity contribution in [2.24, 2.45) is 0 Å². The Bertz CT molecular complexity index is 1140. The Morgan fingerprint density at radius 2 is 1.93 bits per heavy atom.